The van der Waals surface area contributed by atoms with Gasteiger partial charge in [-0.3, -0.25) is 0 Å². The zero-order valence-electron chi connectivity index (χ0n) is 53.0. The first-order chi connectivity index (χ1) is 38.6. The molecule has 0 bridgehead atoms. The van der Waals surface area contributed by atoms with Crippen LogP contribution in [-0.2, 0) is 44.0 Å². The van der Waals surface area contributed by atoms with Gasteiger partial charge in [-0.15, -0.1) is 12.1 Å². The van der Waals surface area contributed by atoms with E-state index in [0.717, 1.165) is 11.6 Å². The molecule has 3 aliphatic rings. The van der Waals surface area contributed by atoms with Crippen molar-refractivity contribution in [3.8, 4) is 11.4 Å². The number of benzene rings is 7. The van der Waals surface area contributed by atoms with E-state index in [1.54, 1.807) is 12.4 Å². The summed E-state index contributed by atoms with van der Waals surface area (Å²) in [5.74, 6) is 3.37. The summed E-state index contributed by atoms with van der Waals surface area (Å²) in [5, 5.41) is 5.42. The molecule has 6 nitrogen and oxygen atoms in total. The normalized spacial score (nSPS) is 14.0. The standard InChI is InChI=1S/C46H48BN2.C29H37N4.Au/c1-43(2,3)26-16-18-36-30(20-26)32-22-28(45(7,8)9)24-34-41(32)48(36)38-14-13-15-39-40(38)47(34)35-25-29(46(10,11)12)23-33-31-21-27(44(4,5)6)17-19-37(31)49(39)42(33)35;1-18(2)22-11-9-12-23(19(3)4)26(22)32-17-33(29-28(32)30-15-16-31-29)27-24(20(5)6)13-10-14-25(27)21(7)8;/h14-25H,1-12H3;9-21H,1-8H3;/q2*-1;. The number of rotatable bonds is 6. The molecule has 0 saturated heterocycles. The summed E-state index contributed by atoms with van der Waals surface area (Å²) in [6.45, 7) is 48.5. The van der Waals surface area contributed by atoms with Gasteiger partial charge in [0.25, 0.3) is 0 Å². The predicted molar refractivity (Wildman–Crippen MR) is 353 cm³/mol. The topological polar surface area (TPSA) is 42.1 Å². The van der Waals surface area contributed by atoms with E-state index in [0.29, 0.717) is 23.7 Å². The zero-order chi connectivity index (χ0) is 58.6. The summed E-state index contributed by atoms with van der Waals surface area (Å²) < 4.78 is 5.15. The van der Waals surface area contributed by atoms with Crippen molar-refractivity contribution in [2.45, 2.75) is 184 Å². The molecule has 83 heavy (non-hydrogen) atoms. The Kier molecular flexibility index (Phi) is 14.4. The first-order valence-electron chi connectivity index (χ1n) is 30.4. The summed E-state index contributed by atoms with van der Waals surface area (Å²) in [5.41, 5.74) is 25.5. The molecule has 8 heteroatoms. The number of aromatic nitrogens is 4. The molecule has 3 aliphatic heterocycles. The maximum Gasteiger partial charge on any atom is 0.226 e. The van der Waals surface area contributed by atoms with Crippen molar-refractivity contribution in [1.82, 2.24) is 19.1 Å². The minimum absolute atomic E-state index is 0. The van der Waals surface area contributed by atoms with Crippen LogP contribution in [-0.4, -0.2) is 25.8 Å². The van der Waals surface area contributed by atoms with Crippen LogP contribution in [0.15, 0.2) is 122 Å². The molecule has 0 spiro atoms. The molecule has 7 aromatic carbocycles. The van der Waals surface area contributed by atoms with E-state index in [4.69, 9.17) is 9.97 Å². The van der Waals surface area contributed by atoms with E-state index in [1.165, 1.54) is 127 Å². The molecule has 13 rings (SSSR count). The number of nitrogens with zero attached hydrogens (tertiary/aromatic N) is 6. The van der Waals surface area contributed by atoms with Gasteiger partial charge >= 0.3 is 0 Å². The van der Waals surface area contributed by atoms with Gasteiger partial charge in [-0.1, -0.05) is 211 Å². The maximum absolute atomic E-state index is 4.83. The molecule has 0 amide bonds. The van der Waals surface area contributed by atoms with Crippen LogP contribution in [0.25, 0.3) is 55.0 Å². The van der Waals surface area contributed by atoms with Crippen LogP contribution >= 0.6 is 0 Å². The van der Waals surface area contributed by atoms with Gasteiger partial charge in [0.15, 0.2) is 0 Å². The van der Waals surface area contributed by atoms with Gasteiger partial charge in [0.05, 0.1) is 0 Å². The third kappa shape index (κ3) is 9.42. The smallest absolute Gasteiger partial charge is 0.226 e. The predicted octanol–water partition coefficient (Wildman–Crippen LogP) is 18.4. The first kappa shape index (κ1) is 58.4. The second-order valence-corrected chi connectivity index (χ2v) is 29.4. The fourth-order valence-corrected chi connectivity index (χ4v) is 13.5. The van der Waals surface area contributed by atoms with Crippen molar-refractivity contribution < 1.29 is 22.4 Å². The third-order valence-electron chi connectivity index (χ3n) is 18.1. The molecule has 0 fully saturated rings. The number of para-hydroxylation sites is 2. The van der Waals surface area contributed by atoms with Crippen molar-refractivity contribution in [2.75, 3.05) is 9.80 Å². The Hall–Kier alpha value is -6.37. The molecule has 0 aliphatic carbocycles. The maximum atomic E-state index is 4.83. The Morgan fingerprint density at radius 1 is 0.434 bits per heavy atom. The van der Waals surface area contributed by atoms with Crippen molar-refractivity contribution in [2.24, 2.45) is 0 Å². The molecule has 1 radical (unpaired) electrons. The van der Waals surface area contributed by atoms with Gasteiger partial charge < -0.3 is 18.9 Å². The second-order valence-electron chi connectivity index (χ2n) is 29.4. The van der Waals surface area contributed by atoms with E-state index in [2.05, 4.69) is 279 Å². The van der Waals surface area contributed by atoms with Gasteiger partial charge in [0, 0.05) is 89.8 Å². The van der Waals surface area contributed by atoms with E-state index >= 15 is 0 Å². The third-order valence-corrected chi connectivity index (χ3v) is 18.1. The molecule has 3 aromatic heterocycles. The second kappa shape index (κ2) is 20.4. The van der Waals surface area contributed by atoms with Crippen molar-refractivity contribution in [3.05, 3.63) is 179 Å². The summed E-state index contributed by atoms with van der Waals surface area (Å²) >= 11 is 0. The van der Waals surface area contributed by atoms with Crippen LogP contribution in [0.1, 0.15) is 207 Å². The molecule has 6 heterocycles. The molecule has 0 unspecified atom stereocenters. The monoisotopic (exact) mass is 1280 g/mol. The molecule has 431 valence electrons. The van der Waals surface area contributed by atoms with Gasteiger partial charge in [0.2, 0.25) is 6.71 Å². The largest absolute Gasteiger partial charge is 0.456 e. The van der Waals surface area contributed by atoms with Crippen molar-refractivity contribution in [1.29, 1.82) is 0 Å². The average molecular weight is 1280 g/mol. The summed E-state index contributed by atoms with van der Waals surface area (Å²) in [6, 6.07) is 46.0. The van der Waals surface area contributed by atoms with E-state index in [9.17, 15) is 0 Å². The first-order valence-corrected chi connectivity index (χ1v) is 30.4. The number of hydrogen-bond donors (Lipinski definition) is 0. The van der Waals surface area contributed by atoms with Gasteiger partial charge in [-0.05, 0) is 137 Å². The molecule has 0 N–H and O–H groups in total. The molecule has 10 aromatic rings. The van der Waals surface area contributed by atoms with E-state index in [-0.39, 0.29) is 50.8 Å². The fourth-order valence-electron chi connectivity index (χ4n) is 13.5. The summed E-state index contributed by atoms with van der Waals surface area (Å²) in [6.07, 6.45) is 3.60. The SMILES string of the molecule is CC(C)(C)c1ccc2c(c1)c1cc(C(C)(C)C)cc3c1n2-c1c[c-]cc2c1B3c1cc(C(C)(C)C)cc3c4cc(C(C)(C)C)ccc4n-2c13.CC(C)c1cccc(C(C)C)c1N1[CH-]N(c2c(C(C)C)cccc2C(C)C)c2nccnc21.[Au]. The Morgan fingerprint density at radius 3 is 1.10 bits per heavy atom. The van der Waals surface area contributed by atoms with Crippen molar-refractivity contribution in [3.63, 3.8) is 0 Å². The minimum Gasteiger partial charge on any atom is -0.456 e. The molecular weight excluding hydrogens is 1190 g/mol. The fraction of sp³-hybridized carbons (Fsp3) is 0.373. The van der Waals surface area contributed by atoms with Crippen molar-refractivity contribution >= 4 is 89.7 Å². The Labute approximate surface area is 511 Å². The van der Waals surface area contributed by atoms with Crippen LogP contribution in [0.5, 0.6) is 0 Å². The summed E-state index contributed by atoms with van der Waals surface area (Å²) in [7, 11) is 0. The molecular formula is C75H85AuBN6-2. The number of hydrogen-bond acceptors (Lipinski definition) is 4. The van der Waals surface area contributed by atoms with Gasteiger partial charge in [0.1, 0.15) is 11.6 Å². The van der Waals surface area contributed by atoms with Crippen LogP contribution < -0.4 is 26.2 Å². The zero-order valence-corrected chi connectivity index (χ0v) is 55.2. The van der Waals surface area contributed by atoms with Crippen LogP contribution in [0.2, 0.25) is 0 Å². The Balaban J connectivity index is 0.000000186. The van der Waals surface area contributed by atoms with Crippen LogP contribution in [0, 0.1) is 12.7 Å². The minimum atomic E-state index is 0. The Bertz CT molecular complexity index is 3900. The average Bonchev–Trinajstić information content (AvgIpc) is 2.10. The summed E-state index contributed by atoms with van der Waals surface area (Å²) in [4.78, 5) is 14.2. The Morgan fingerprint density at radius 2 is 0.771 bits per heavy atom. The van der Waals surface area contributed by atoms with E-state index < -0.39 is 0 Å². The van der Waals surface area contributed by atoms with Crippen LogP contribution in [0.3, 0.4) is 0 Å². The van der Waals surface area contributed by atoms with Gasteiger partial charge in [-0.2, -0.15) is 18.2 Å². The number of fused-ring (bicyclic) bond motifs is 11. The number of anilines is 4. The quantitative estimate of drug-likeness (QED) is 0.123. The van der Waals surface area contributed by atoms with Crippen LogP contribution in [0.4, 0.5) is 23.0 Å². The van der Waals surface area contributed by atoms with E-state index in [1.807, 2.05) is 0 Å². The molecule has 0 atom stereocenters. The van der Waals surface area contributed by atoms with Gasteiger partial charge in [-0.25, -0.2) is 9.97 Å². The molecule has 0 saturated carbocycles.